The van der Waals surface area contributed by atoms with Crippen LogP contribution in [0.15, 0.2) is 42.6 Å². The first-order valence-electron chi connectivity index (χ1n) is 8.19. The van der Waals surface area contributed by atoms with Gasteiger partial charge < -0.3 is 9.69 Å². The van der Waals surface area contributed by atoms with E-state index in [1.54, 1.807) is 35.3 Å². The van der Waals surface area contributed by atoms with Crippen LogP contribution in [-0.2, 0) is 9.63 Å². The van der Waals surface area contributed by atoms with Gasteiger partial charge in [-0.2, -0.15) is 0 Å². The van der Waals surface area contributed by atoms with Crippen molar-refractivity contribution in [1.82, 2.24) is 4.98 Å². The molecule has 0 bridgehead atoms. The quantitative estimate of drug-likeness (QED) is 0.780. The van der Waals surface area contributed by atoms with Crippen LogP contribution in [-0.4, -0.2) is 29.8 Å². The Kier molecular flexibility index (Phi) is 4.55. The van der Waals surface area contributed by atoms with Gasteiger partial charge in [-0.15, -0.1) is 0 Å². The third-order valence-electron chi connectivity index (χ3n) is 4.18. The van der Waals surface area contributed by atoms with E-state index in [0.717, 1.165) is 17.7 Å². The van der Waals surface area contributed by atoms with Crippen LogP contribution in [0.5, 0.6) is 0 Å². The highest BCUT2D eigenvalue weighted by Crippen LogP contribution is 2.40. The molecule has 0 unspecified atom stereocenters. The van der Waals surface area contributed by atoms with Crippen LogP contribution in [0.1, 0.15) is 37.0 Å². The minimum Gasteiger partial charge on any atom is -0.309 e. The molecule has 1 amide bonds. The lowest BCUT2D eigenvalue weighted by molar-refractivity contribution is -0.109. The molecule has 0 N–H and O–H groups in total. The summed E-state index contributed by atoms with van der Waals surface area (Å²) < 4.78 is 0. The van der Waals surface area contributed by atoms with E-state index in [-0.39, 0.29) is 5.91 Å². The van der Waals surface area contributed by atoms with Gasteiger partial charge in [0.1, 0.15) is 6.29 Å². The van der Waals surface area contributed by atoms with E-state index in [2.05, 4.69) is 4.98 Å². The number of hydrogen-bond acceptors (Lipinski definition) is 5. The summed E-state index contributed by atoms with van der Waals surface area (Å²) in [7, 11) is 1.74. The Bertz CT molecular complexity index is 804. The number of pyridine rings is 1. The Morgan fingerprint density at radius 1 is 1.16 bits per heavy atom. The number of hydrogen-bond donors (Lipinski definition) is 0. The van der Waals surface area contributed by atoms with E-state index < -0.39 is 5.60 Å². The average Bonchev–Trinajstić information content (AvgIpc) is 2.70. The standard InChI is InChI=1S/C19H21N3O3/c1-19(2,11-7-13-23)25-22-16-10-5-4-9-15(16)21(3)18(24)14-8-6-12-20-17(14)22/h4-6,8-10,12-13H,7,11H2,1-3H3. The zero-order valence-electron chi connectivity index (χ0n) is 14.6. The van der Waals surface area contributed by atoms with E-state index in [4.69, 9.17) is 4.84 Å². The summed E-state index contributed by atoms with van der Waals surface area (Å²) in [6.07, 6.45) is 3.47. The molecule has 2 aromatic rings. The lowest BCUT2D eigenvalue weighted by Crippen LogP contribution is -2.34. The highest BCUT2D eigenvalue weighted by Gasteiger charge is 2.33. The molecule has 3 rings (SSSR count). The molecule has 0 saturated carbocycles. The minimum absolute atomic E-state index is 0.146. The topological polar surface area (TPSA) is 62.7 Å². The van der Waals surface area contributed by atoms with Crippen LogP contribution in [0.4, 0.5) is 17.2 Å². The van der Waals surface area contributed by atoms with Crippen LogP contribution in [0.3, 0.4) is 0 Å². The summed E-state index contributed by atoms with van der Waals surface area (Å²) in [4.78, 5) is 35.8. The number of anilines is 3. The van der Waals surface area contributed by atoms with Gasteiger partial charge in [-0.25, -0.2) is 10.0 Å². The molecule has 25 heavy (non-hydrogen) atoms. The first-order chi connectivity index (χ1) is 11.9. The normalized spacial score (nSPS) is 14.0. The van der Waals surface area contributed by atoms with Crippen LogP contribution in [0.2, 0.25) is 0 Å². The van der Waals surface area contributed by atoms with Gasteiger partial charge in [-0.05, 0) is 44.5 Å². The molecule has 1 aliphatic heterocycles. The summed E-state index contributed by atoms with van der Waals surface area (Å²) in [5, 5.41) is 1.61. The number of rotatable bonds is 5. The largest absolute Gasteiger partial charge is 0.309 e. The van der Waals surface area contributed by atoms with Crippen molar-refractivity contribution in [2.24, 2.45) is 0 Å². The van der Waals surface area contributed by atoms with Crippen LogP contribution < -0.4 is 9.96 Å². The Morgan fingerprint density at radius 3 is 2.60 bits per heavy atom. The van der Waals surface area contributed by atoms with Crippen molar-refractivity contribution >= 4 is 29.4 Å². The van der Waals surface area contributed by atoms with Crippen molar-refractivity contribution in [2.75, 3.05) is 17.0 Å². The molecule has 0 radical (unpaired) electrons. The summed E-state index contributed by atoms with van der Waals surface area (Å²) >= 11 is 0. The molecule has 6 heteroatoms. The summed E-state index contributed by atoms with van der Waals surface area (Å²) in [5.74, 6) is 0.302. The van der Waals surface area contributed by atoms with E-state index in [0.29, 0.717) is 24.2 Å². The lowest BCUT2D eigenvalue weighted by atomic mass is 10.0. The number of nitrogens with zero attached hydrogens (tertiary/aromatic N) is 3. The molecule has 0 saturated heterocycles. The Hall–Kier alpha value is -2.73. The zero-order chi connectivity index (χ0) is 18.0. The fraction of sp³-hybridized carbons (Fsp3) is 0.316. The van der Waals surface area contributed by atoms with Crippen molar-refractivity contribution in [3.05, 3.63) is 48.2 Å². The van der Waals surface area contributed by atoms with Gasteiger partial charge in [0.05, 0.1) is 22.5 Å². The molecule has 0 spiro atoms. The Balaban J connectivity index is 2.13. The zero-order valence-corrected chi connectivity index (χ0v) is 14.6. The van der Waals surface area contributed by atoms with Gasteiger partial charge in [0.25, 0.3) is 5.91 Å². The lowest BCUT2D eigenvalue weighted by Gasteiger charge is -2.33. The van der Waals surface area contributed by atoms with E-state index in [9.17, 15) is 9.59 Å². The van der Waals surface area contributed by atoms with E-state index in [1.807, 2.05) is 38.1 Å². The Morgan fingerprint density at radius 2 is 1.88 bits per heavy atom. The van der Waals surface area contributed by atoms with Crippen LogP contribution in [0, 0.1) is 0 Å². The van der Waals surface area contributed by atoms with Crippen molar-refractivity contribution in [3.63, 3.8) is 0 Å². The predicted octanol–water partition coefficient (Wildman–Crippen LogP) is 3.50. The maximum atomic E-state index is 12.8. The first kappa shape index (κ1) is 17.1. The second-order valence-electron chi connectivity index (χ2n) is 6.58. The van der Waals surface area contributed by atoms with Crippen molar-refractivity contribution in [1.29, 1.82) is 0 Å². The summed E-state index contributed by atoms with van der Waals surface area (Å²) in [6, 6.07) is 11.0. The minimum atomic E-state index is -0.602. The second kappa shape index (κ2) is 6.64. The molecular weight excluding hydrogens is 318 g/mol. The van der Waals surface area contributed by atoms with Crippen LogP contribution in [0.25, 0.3) is 0 Å². The molecule has 1 aromatic carbocycles. The van der Waals surface area contributed by atoms with Crippen molar-refractivity contribution < 1.29 is 14.4 Å². The molecular formula is C19H21N3O3. The highest BCUT2D eigenvalue weighted by molar-refractivity contribution is 6.12. The molecule has 0 atom stereocenters. The molecule has 6 nitrogen and oxygen atoms in total. The molecule has 1 aliphatic rings. The fourth-order valence-corrected chi connectivity index (χ4v) is 2.84. The van der Waals surface area contributed by atoms with Crippen LogP contribution >= 0.6 is 0 Å². The van der Waals surface area contributed by atoms with Crippen molar-refractivity contribution in [3.8, 4) is 0 Å². The van der Waals surface area contributed by atoms with Gasteiger partial charge >= 0.3 is 0 Å². The first-order valence-corrected chi connectivity index (χ1v) is 8.19. The fourth-order valence-electron chi connectivity index (χ4n) is 2.84. The van der Waals surface area contributed by atoms with E-state index >= 15 is 0 Å². The predicted molar refractivity (Wildman–Crippen MR) is 96.0 cm³/mol. The van der Waals surface area contributed by atoms with Gasteiger partial charge in [0.15, 0.2) is 5.82 Å². The van der Waals surface area contributed by atoms with Gasteiger partial charge in [0, 0.05) is 19.7 Å². The number of carbonyl (C=O) groups excluding carboxylic acids is 2. The van der Waals surface area contributed by atoms with Gasteiger partial charge in [0.2, 0.25) is 0 Å². The van der Waals surface area contributed by atoms with E-state index in [1.165, 1.54) is 0 Å². The smallest absolute Gasteiger partial charge is 0.261 e. The number of amides is 1. The molecule has 1 aromatic heterocycles. The average molecular weight is 339 g/mol. The number of aldehydes is 1. The monoisotopic (exact) mass is 339 g/mol. The van der Waals surface area contributed by atoms with Crippen molar-refractivity contribution in [2.45, 2.75) is 32.3 Å². The molecule has 130 valence electrons. The maximum Gasteiger partial charge on any atom is 0.261 e. The third kappa shape index (κ3) is 3.25. The second-order valence-corrected chi connectivity index (χ2v) is 6.58. The summed E-state index contributed by atoms with van der Waals surface area (Å²) in [6.45, 7) is 3.83. The highest BCUT2D eigenvalue weighted by atomic mass is 16.7. The van der Waals surface area contributed by atoms with Gasteiger partial charge in [-0.3, -0.25) is 9.63 Å². The Labute approximate surface area is 147 Å². The molecule has 2 heterocycles. The number of carbonyl (C=O) groups is 2. The van der Waals surface area contributed by atoms with Gasteiger partial charge in [-0.1, -0.05) is 12.1 Å². The molecule has 0 fully saturated rings. The molecule has 0 aliphatic carbocycles. The number of benzene rings is 1. The maximum absolute atomic E-state index is 12.8. The summed E-state index contributed by atoms with van der Waals surface area (Å²) in [5.41, 5.74) is 1.33. The number of para-hydroxylation sites is 2. The number of aromatic nitrogens is 1. The number of fused-ring (bicyclic) bond motifs is 2. The third-order valence-corrected chi connectivity index (χ3v) is 4.18. The SMILES string of the molecule is CN1C(=O)c2cccnc2N(OC(C)(C)CCC=O)c2ccccc21.